The standard InChI is InChI=1S/C13H23NO4/c1-13(2,9-6-4-5-7-9)12(17)14-10(8-18-3)11(15)16/h9-10H,4-8H2,1-3H3,(H,14,17)(H,15,16). The van der Waals surface area contributed by atoms with Crippen molar-refractivity contribution in [3.05, 3.63) is 0 Å². The molecule has 0 saturated heterocycles. The van der Waals surface area contributed by atoms with Gasteiger partial charge in [-0.15, -0.1) is 0 Å². The molecule has 0 bridgehead atoms. The minimum Gasteiger partial charge on any atom is -0.480 e. The second-order valence-electron chi connectivity index (χ2n) is 5.52. The average molecular weight is 257 g/mol. The van der Waals surface area contributed by atoms with E-state index in [-0.39, 0.29) is 12.5 Å². The lowest BCUT2D eigenvalue weighted by atomic mass is 9.77. The number of nitrogens with one attached hydrogen (secondary N) is 1. The van der Waals surface area contributed by atoms with E-state index in [1.165, 1.54) is 7.11 Å². The molecule has 1 atom stereocenters. The zero-order valence-electron chi connectivity index (χ0n) is 11.4. The molecule has 1 aliphatic rings. The van der Waals surface area contributed by atoms with E-state index in [0.717, 1.165) is 25.7 Å². The molecule has 1 amide bonds. The fourth-order valence-corrected chi connectivity index (χ4v) is 2.52. The van der Waals surface area contributed by atoms with Crippen molar-refractivity contribution in [2.45, 2.75) is 45.6 Å². The predicted molar refractivity (Wildman–Crippen MR) is 67.2 cm³/mol. The highest BCUT2D eigenvalue weighted by Crippen LogP contribution is 2.39. The SMILES string of the molecule is COCC(NC(=O)C(C)(C)C1CCCC1)C(=O)O. The first-order chi connectivity index (χ1) is 8.39. The molecule has 2 N–H and O–H groups in total. The summed E-state index contributed by atoms with van der Waals surface area (Å²) in [4.78, 5) is 23.2. The Bertz CT molecular complexity index is 308. The van der Waals surface area contributed by atoms with Gasteiger partial charge in [0.25, 0.3) is 0 Å². The maximum Gasteiger partial charge on any atom is 0.328 e. The summed E-state index contributed by atoms with van der Waals surface area (Å²) in [7, 11) is 1.42. The van der Waals surface area contributed by atoms with E-state index in [1.807, 2.05) is 13.8 Å². The average Bonchev–Trinajstić information content (AvgIpc) is 2.81. The minimum atomic E-state index is -1.06. The third-order valence-corrected chi connectivity index (χ3v) is 3.90. The molecule has 0 aromatic heterocycles. The molecule has 0 aromatic rings. The van der Waals surface area contributed by atoms with Crippen LogP contribution >= 0.6 is 0 Å². The molecule has 1 fully saturated rings. The first-order valence-corrected chi connectivity index (χ1v) is 6.42. The van der Waals surface area contributed by atoms with Crippen LogP contribution in [-0.4, -0.2) is 36.7 Å². The molecule has 0 radical (unpaired) electrons. The second-order valence-corrected chi connectivity index (χ2v) is 5.52. The van der Waals surface area contributed by atoms with E-state index in [0.29, 0.717) is 5.92 Å². The molecule has 1 rings (SSSR count). The lowest BCUT2D eigenvalue weighted by molar-refractivity contribution is -0.145. The summed E-state index contributed by atoms with van der Waals surface area (Å²) in [6, 6.07) is -0.969. The summed E-state index contributed by atoms with van der Waals surface area (Å²) in [5, 5.41) is 11.6. The fraction of sp³-hybridized carbons (Fsp3) is 0.846. The maximum atomic E-state index is 12.2. The third kappa shape index (κ3) is 3.45. The van der Waals surface area contributed by atoms with Crippen LogP contribution in [0.25, 0.3) is 0 Å². The number of carboxylic acid groups (broad SMARTS) is 1. The molecule has 0 spiro atoms. The van der Waals surface area contributed by atoms with Crippen LogP contribution < -0.4 is 5.32 Å². The molecule has 5 nitrogen and oxygen atoms in total. The number of amides is 1. The summed E-state index contributed by atoms with van der Waals surface area (Å²) in [6.45, 7) is 3.77. The molecule has 0 aliphatic heterocycles. The highest BCUT2D eigenvalue weighted by atomic mass is 16.5. The Kier molecular flexibility index (Phi) is 5.14. The van der Waals surface area contributed by atoms with Gasteiger partial charge in [-0.05, 0) is 18.8 Å². The van der Waals surface area contributed by atoms with Gasteiger partial charge >= 0.3 is 5.97 Å². The van der Waals surface area contributed by atoms with Crippen molar-refractivity contribution in [3.63, 3.8) is 0 Å². The summed E-state index contributed by atoms with van der Waals surface area (Å²) in [6.07, 6.45) is 4.40. The topological polar surface area (TPSA) is 75.6 Å². The zero-order chi connectivity index (χ0) is 13.8. The van der Waals surface area contributed by atoms with E-state index in [1.54, 1.807) is 0 Å². The number of carbonyl (C=O) groups is 2. The van der Waals surface area contributed by atoms with Crippen LogP contribution in [0.4, 0.5) is 0 Å². The lowest BCUT2D eigenvalue weighted by Crippen LogP contribution is -2.50. The number of aliphatic carboxylic acids is 1. The van der Waals surface area contributed by atoms with Crippen LogP contribution in [0.15, 0.2) is 0 Å². The van der Waals surface area contributed by atoms with Crippen molar-refractivity contribution >= 4 is 11.9 Å². The Labute approximate surface area is 108 Å². The van der Waals surface area contributed by atoms with Gasteiger partial charge in [0.2, 0.25) is 5.91 Å². The normalized spacial score (nSPS) is 18.6. The maximum absolute atomic E-state index is 12.2. The molecule has 1 aliphatic carbocycles. The van der Waals surface area contributed by atoms with Crippen LogP contribution in [0, 0.1) is 11.3 Å². The van der Waals surface area contributed by atoms with Gasteiger partial charge in [-0.25, -0.2) is 4.79 Å². The van der Waals surface area contributed by atoms with Crippen LogP contribution in [-0.2, 0) is 14.3 Å². The highest BCUT2D eigenvalue weighted by Gasteiger charge is 2.39. The molecule has 1 unspecified atom stereocenters. The van der Waals surface area contributed by atoms with E-state index in [9.17, 15) is 9.59 Å². The Morgan fingerprint density at radius 3 is 2.39 bits per heavy atom. The van der Waals surface area contributed by atoms with Crippen LogP contribution in [0.2, 0.25) is 0 Å². The van der Waals surface area contributed by atoms with Crippen molar-refractivity contribution in [1.29, 1.82) is 0 Å². The van der Waals surface area contributed by atoms with Crippen molar-refractivity contribution in [3.8, 4) is 0 Å². The highest BCUT2D eigenvalue weighted by molar-refractivity contribution is 5.87. The van der Waals surface area contributed by atoms with E-state index < -0.39 is 17.4 Å². The predicted octanol–water partition coefficient (Wildman–Crippen LogP) is 1.42. The zero-order valence-corrected chi connectivity index (χ0v) is 11.4. The van der Waals surface area contributed by atoms with Crippen LogP contribution in [0.1, 0.15) is 39.5 Å². The Morgan fingerprint density at radius 2 is 1.94 bits per heavy atom. The Morgan fingerprint density at radius 1 is 1.39 bits per heavy atom. The summed E-state index contributed by atoms with van der Waals surface area (Å²) in [5.41, 5.74) is -0.516. The number of ether oxygens (including phenoxy) is 1. The largest absolute Gasteiger partial charge is 0.480 e. The molecule has 104 valence electrons. The van der Waals surface area contributed by atoms with Crippen molar-refractivity contribution in [1.82, 2.24) is 5.32 Å². The van der Waals surface area contributed by atoms with Crippen molar-refractivity contribution in [2.75, 3.05) is 13.7 Å². The quantitative estimate of drug-likeness (QED) is 0.754. The first-order valence-electron chi connectivity index (χ1n) is 6.42. The minimum absolute atomic E-state index is 0.0121. The molecule has 1 saturated carbocycles. The molecule has 18 heavy (non-hydrogen) atoms. The van der Waals surface area contributed by atoms with Gasteiger partial charge < -0.3 is 15.2 Å². The summed E-state index contributed by atoms with van der Waals surface area (Å²) < 4.78 is 4.81. The molecule has 5 heteroatoms. The van der Waals surface area contributed by atoms with Gasteiger partial charge in [0, 0.05) is 12.5 Å². The van der Waals surface area contributed by atoms with E-state index >= 15 is 0 Å². The fourth-order valence-electron chi connectivity index (χ4n) is 2.52. The number of carbonyl (C=O) groups excluding carboxylic acids is 1. The van der Waals surface area contributed by atoms with Gasteiger partial charge in [0.05, 0.1) is 6.61 Å². The molecular formula is C13H23NO4. The smallest absolute Gasteiger partial charge is 0.328 e. The molecular weight excluding hydrogens is 234 g/mol. The number of rotatable bonds is 6. The lowest BCUT2D eigenvalue weighted by Gasteiger charge is -2.31. The molecule has 0 aromatic carbocycles. The van der Waals surface area contributed by atoms with Gasteiger partial charge in [-0.2, -0.15) is 0 Å². The van der Waals surface area contributed by atoms with Crippen molar-refractivity contribution in [2.24, 2.45) is 11.3 Å². The second kappa shape index (κ2) is 6.18. The monoisotopic (exact) mass is 257 g/mol. The van der Waals surface area contributed by atoms with Gasteiger partial charge in [-0.1, -0.05) is 26.7 Å². The first kappa shape index (κ1) is 15.0. The van der Waals surface area contributed by atoms with Gasteiger partial charge in [0.15, 0.2) is 6.04 Å². The van der Waals surface area contributed by atoms with Gasteiger partial charge in [0.1, 0.15) is 0 Å². The number of carboxylic acids is 1. The van der Waals surface area contributed by atoms with Gasteiger partial charge in [-0.3, -0.25) is 4.79 Å². The van der Waals surface area contributed by atoms with Crippen LogP contribution in [0.3, 0.4) is 0 Å². The summed E-state index contributed by atoms with van der Waals surface area (Å²) >= 11 is 0. The number of methoxy groups -OCH3 is 1. The number of hydrogen-bond donors (Lipinski definition) is 2. The summed E-state index contributed by atoms with van der Waals surface area (Å²) in [5.74, 6) is -0.916. The Hall–Kier alpha value is -1.10. The van der Waals surface area contributed by atoms with Crippen LogP contribution in [0.5, 0.6) is 0 Å². The van der Waals surface area contributed by atoms with Crippen molar-refractivity contribution < 1.29 is 19.4 Å². The van der Waals surface area contributed by atoms with E-state index in [2.05, 4.69) is 5.32 Å². The Balaban J connectivity index is 2.64. The molecule has 0 heterocycles. The number of hydrogen-bond acceptors (Lipinski definition) is 3. The third-order valence-electron chi connectivity index (χ3n) is 3.90. The van der Waals surface area contributed by atoms with E-state index in [4.69, 9.17) is 9.84 Å².